The smallest absolute Gasteiger partial charge is 0.257 e. The van der Waals surface area contributed by atoms with Crippen LogP contribution in [0.5, 0.6) is 5.75 Å². The van der Waals surface area contributed by atoms with Crippen molar-refractivity contribution in [2.24, 2.45) is 0 Å². The highest BCUT2D eigenvalue weighted by Crippen LogP contribution is 2.39. The SMILES string of the molecule is COCCN(C)C(C)c1ccc(C(=O)Nc2nc3c(OC)ccc(N4CCOCC4)c3s2)cc1. The first-order valence-corrected chi connectivity index (χ1v) is 12.2. The molecule has 4 rings (SSSR count). The summed E-state index contributed by atoms with van der Waals surface area (Å²) in [4.78, 5) is 22.2. The molecule has 0 bridgehead atoms. The van der Waals surface area contributed by atoms with Crippen molar-refractivity contribution in [1.29, 1.82) is 0 Å². The standard InChI is InChI=1S/C25H32N4O4S/c1-17(28(2)11-14-31-3)18-5-7-19(8-6-18)24(30)27-25-26-22-21(32-4)10-9-20(23(22)34-25)29-12-15-33-16-13-29/h5-10,17H,11-16H2,1-4H3,(H,26,27,30). The summed E-state index contributed by atoms with van der Waals surface area (Å²) < 4.78 is 17.2. The van der Waals surface area contributed by atoms with Crippen LogP contribution in [-0.2, 0) is 9.47 Å². The summed E-state index contributed by atoms with van der Waals surface area (Å²) in [5.41, 5.74) is 3.59. The van der Waals surface area contributed by atoms with E-state index in [1.807, 2.05) is 30.3 Å². The van der Waals surface area contributed by atoms with E-state index < -0.39 is 0 Å². The Morgan fingerprint density at radius 1 is 1.21 bits per heavy atom. The number of nitrogens with one attached hydrogen (secondary N) is 1. The van der Waals surface area contributed by atoms with Gasteiger partial charge in [0.2, 0.25) is 0 Å². The lowest BCUT2D eigenvalue weighted by Gasteiger charge is -2.29. The summed E-state index contributed by atoms with van der Waals surface area (Å²) in [6.45, 7) is 6.72. The number of anilines is 2. The fourth-order valence-electron chi connectivity index (χ4n) is 4.01. The van der Waals surface area contributed by atoms with Crippen molar-refractivity contribution in [1.82, 2.24) is 9.88 Å². The van der Waals surface area contributed by atoms with Crippen LogP contribution >= 0.6 is 11.3 Å². The van der Waals surface area contributed by atoms with Gasteiger partial charge in [-0.3, -0.25) is 15.0 Å². The van der Waals surface area contributed by atoms with Crippen LogP contribution in [0.25, 0.3) is 10.2 Å². The number of hydrogen-bond acceptors (Lipinski definition) is 8. The van der Waals surface area contributed by atoms with Crippen LogP contribution in [-0.4, -0.2) is 76.5 Å². The molecular weight excluding hydrogens is 452 g/mol. The molecule has 1 aromatic heterocycles. The molecule has 0 saturated carbocycles. The van der Waals surface area contributed by atoms with Gasteiger partial charge in [-0.1, -0.05) is 23.5 Å². The molecule has 1 aliphatic rings. The molecule has 1 atom stereocenters. The van der Waals surface area contributed by atoms with Gasteiger partial charge in [-0.2, -0.15) is 0 Å². The van der Waals surface area contributed by atoms with E-state index in [4.69, 9.17) is 14.2 Å². The number of rotatable bonds is 9. The van der Waals surface area contributed by atoms with E-state index in [1.165, 1.54) is 11.3 Å². The third kappa shape index (κ3) is 5.33. The van der Waals surface area contributed by atoms with Crippen LogP contribution in [0, 0.1) is 0 Å². The number of methoxy groups -OCH3 is 2. The maximum atomic E-state index is 13.0. The number of hydrogen-bond donors (Lipinski definition) is 1. The Kier molecular flexibility index (Phi) is 7.99. The van der Waals surface area contributed by atoms with Gasteiger partial charge in [-0.25, -0.2) is 4.98 Å². The average molecular weight is 485 g/mol. The zero-order valence-corrected chi connectivity index (χ0v) is 21.0. The first-order chi connectivity index (χ1) is 16.5. The van der Waals surface area contributed by atoms with Crippen LogP contribution < -0.4 is 15.0 Å². The number of likely N-dealkylation sites (N-methyl/N-ethyl adjacent to an activating group) is 1. The number of carbonyl (C=O) groups excluding carboxylic acids is 1. The van der Waals surface area contributed by atoms with Crippen molar-refractivity contribution in [3.63, 3.8) is 0 Å². The Morgan fingerprint density at radius 2 is 1.94 bits per heavy atom. The maximum Gasteiger partial charge on any atom is 0.257 e. The van der Waals surface area contributed by atoms with E-state index in [2.05, 4.69) is 40.1 Å². The maximum absolute atomic E-state index is 13.0. The van der Waals surface area contributed by atoms with Crippen molar-refractivity contribution in [3.05, 3.63) is 47.5 Å². The molecule has 1 saturated heterocycles. The molecule has 1 N–H and O–H groups in total. The number of amides is 1. The van der Waals surface area contributed by atoms with Crippen molar-refractivity contribution < 1.29 is 19.0 Å². The molecule has 1 fully saturated rings. The lowest BCUT2D eigenvalue weighted by atomic mass is 10.0. The van der Waals surface area contributed by atoms with Gasteiger partial charge in [0.25, 0.3) is 5.91 Å². The lowest BCUT2D eigenvalue weighted by Crippen LogP contribution is -2.36. The van der Waals surface area contributed by atoms with Gasteiger partial charge < -0.3 is 19.1 Å². The highest BCUT2D eigenvalue weighted by Gasteiger charge is 2.20. The van der Waals surface area contributed by atoms with Crippen molar-refractivity contribution in [2.75, 3.05) is 70.9 Å². The third-order valence-electron chi connectivity index (χ3n) is 6.24. The monoisotopic (exact) mass is 484 g/mol. The minimum Gasteiger partial charge on any atom is -0.494 e. The first-order valence-electron chi connectivity index (χ1n) is 11.4. The number of carbonyl (C=O) groups is 1. The predicted octanol–water partition coefficient (Wildman–Crippen LogP) is 4.03. The second kappa shape index (κ2) is 11.1. The van der Waals surface area contributed by atoms with Crippen molar-refractivity contribution in [3.8, 4) is 5.75 Å². The third-order valence-corrected chi connectivity index (χ3v) is 7.24. The molecule has 8 nitrogen and oxygen atoms in total. The summed E-state index contributed by atoms with van der Waals surface area (Å²) in [6, 6.07) is 11.9. The quantitative estimate of drug-likeness (QED) is 0.491. The molecular formula is C25H32N4O4S. The molecule has 1 unspecified atom stereocenters. The Labute approximate surface area is 204 Å². The molecule has 1 amide bonds. The van der Waals surface area contributed by atoms with E-state index in [0.29, 0.717) is 36.3 Å². The van der Waals surface area contributed by atoms with E-state index in [-0.39, 0.29) is 11.9 Å². The molecule has 34 heavy (non-hydrogen) atoms. The highest BCUT2D eigenvalue weighted by atomic mass is 32.1. The fourth-order valence-corrected chi connectivity index (χ4v) is 5.03. The van der Waals surface area contributed by atoms with Crippen molar-refractivity contribution >= 4 is 38.3 Å². The molecule has 1 aliphatic heterocycles. The topological polar surface area (TPSA) is 76.2 Å². The minimum absolute atomic E-state index is 0.183. The molecule has 2 heterocycles. The number of ether oxygens (including phenoxy) is 3. The molecule has 0 aliphatic carbocycles. The Balaban J connectivity index is 1.51. The second-order valence-corrected chi connectivity index (χ2v) is 9.31. The van der Waals surface area contributed by atoms with E-state index in [9.17, 15) is 4.79 Å². The summed E-state index contributed by atoms with van der Waals surface area (Å²) in [5.74, 6) is 0.512. The Morgan fingerprint density at radius 3 is 2.62 bits per heavy atom. The fraction of sp³-hybridized carbons (Fsp3) is 0.440. The van der Waals surface area contributed by atoms with Gasteiger partial charge in [-0.15, -0.1) is 0 Å². The van der Waals surface area contributed by atoms with Gasteiger partial charge >= 0.3 is 0 Å². The van der Waals surface area contributed by atoms with Crippen molar-refractivity contribution in [2.45, 2.75) is 13.0 Å². The Bertz CT molecular complexity index is 1110. The van der Waals surface area contributed by atoms with Gasteiger partial charge in [0.05, 0.1) is 37.3 Å². The first kappa shape index (κ1) is 24.4. The number of aromatic nitrogens is 1. The average Bonchev–Trinajstić information content (AvgIpc) is 3.30. The normalized spacial score (nSPS) is 15.0. The molecule has 2 aromatic carbocycles. The molecule has 0 radical (unpaired) electrons. The number of nitrogens with zero attached hydrogens (tertiary/aromatic N) is 3. The van der Waals surface area contributed by atoms with Crippen LogP contribution in [0.4, 0.5) is 10.8 Å². The van der Waals surface area contributed by atoms with Gasteiger partial charge in [0, 0.05) is 38.3 Å². The van der Waals surface area contributed by atoms with Crippen LogP contribution in [0.15, 0.2) is 36.4 Å². The van der Waals surface area contributed by atoms with Gasteiger partial charge in [0.15, 0.2) is 5.13 Å². The van der Waals surface area contributed by atoms with Gasteiger partial charge in [0.1, 0.15) is 11.3 Å². The number of fused-ring (bicyclic) bond motifs is 1. The number of morpholine rings is 1. The molecule has 0 spiro atoms. The summed E-state index contributed by atoms with van der Waals surface area (Å²) in [5, 5.41) is 3.52. The van der Waals surface area contributed by atoms with Gasteiger partial charge in [-0.05, 0) is 43.8 Å². The number of benzene rings is 2. The van der Waals surface area contributed by atoms with E-state index in [0.717, 1.165) is 41.1 Å². The zero-order chi connectivity index (χ0) is 24.1. The molecule has 3 aromatic rings. The Hall–Kier alpha value is -2.72. The highest BCUT2D eigenvalue weighted by molar-refractivity contribution is 7.23. The summed E-state index contributed by atoms with van der Waals surface area (Å²) in [7, 11) is 5.41. The summed E-state index contributed by atoms with van der Waals surface area (Å²) in [6.07, 6.45) is 0. The largest absolute Gasteiger partial charge is 0.494 e. The summed E-state index contributed by atoms with van der Waals surface area (Å²) >= 11 is 1.47. The minimum atomic E-state index is -0.183. The van der Waals surface area contributed by atoms with Crippen LogP contribution in [0.3, 0.4) is 0 Å². The second-order valence-electron chi connectivity index (χ2n) is 8.31. The van der Waals surface area contributed by atoms with E-state index >= 15 is 0 Å². The predicted molar refractivity (Wildman–Crippen MR) is 137 cm³/mol. The molecule has 182 valence electrons. The lowest BCUT2D eigenvalue weighted by molar-refractivity contribution is 0.102. The van der Waals surface area contributed by atoms with E-state index in [1.54, 1.807) is 14.2 Å². The molecule has 9 heteroatoms. The van der Waals surface area contributed by atoms with Crippen LogP contribution in [0.1, 0.15) is 28.9 Å². The number of thiazole rings is 1. The van der Waals surface area contributed by atoms with Crippen LogP contribution in [0.2, 0.25) is 0 Å². The zero-order valence-electron chi connectivity index (χ0n) is 20.2.